The second-order valence-electron chi connectivity index (χ2n) is 3.29. The third-order valence-corrected chi connectivity index (χ3v) is 3.21. The molecule has 0 aliphatic heterocycles. The number of halogens is 1. The van der Waals surface area contributed by atoms with Crippen LogP contribution in [-0.4, -0.2) is 5.75 Å². The van der Waals surface area contributed by atoms with Gasteiger partial charge < -0.3 is 5.73 Å². The Balaban J connectivity index is 2.96. The number of benzene rings is 1. The molecule has 0 amide bonds. The van der Waals surface area contributed by atoms with Crippen LogP contribution in [0.25, 0.3) is 0 Å². The maximum Gasteiger partial charge on any atom is 0.129 e. The lowest BCUT2D eigenvalue weighted by atomic mass is 10.1. The summed E-state index contributed by atoms with van der Waals surface area (Å²) < 4.78 is 13.4. The van der Waals surface area contributed by atoms with Crippen LogP contribution in [0.3, 0.4) is 0 Å². The van der Waals surface area contributed by atoms with Crippen molar-refractivity contribution in [2.24, 2.45) is 5.73 Å². The Morgan fingerprint density at radius 2 is 2.21 bits per heavy atom. The molecule has 1 rings (SSSR count). The molecule has 0 radical (unpaired) electrons. The number of hydrogen-bond donors (Lipinski definition) is 1. The highest BCUT2D eigenvalue weighted by molar-refractivity contribution is 7.99. The van der Waals surface area contributed by atoms with Gasteiger partial charge in [0.1, 0.15) is 5.82 Å². The van der Waals surface area contributed by atoms with Crippen LogP contribution in [0.1, 0.15) is 31.9 Å². The summed E-state index contributed by atoms with van der Waals surface area (Å²) in [6, 6.07) is 4.89. The molecule has 0 unspecified atom stereocenters. The Hall–Kier alpha value is -0.540. The molecule has 0 fully saturated rings. The van der Waals surface area contributed by atoms with Crippen molar-refractivity contribution < 1.29 is 4.39 Å². The van der Waals surface area contributed by atoms with Crippen molar-refractivity contribution in [2.75, 3.05) is 5.75 Å². The lowest BCUT2D eigenvalue weighted by Crippen LogP contribution is -2.09. The summed E-state index contributed by atoms with van der Waals surface area (Å²) in [5.41, 5.74) is 6.38. The van der Waals surface area contributed by atoms with E-state index in [1.807, 2.05) is 13.0 Å². The molecule has 1 aromatic carbocycles. The van der Waals surface area contributed by atoms with E-state index in [0.717, 1.165) is 17.1 Å². The quantitative estimate of drug-likeness (QED) is 0.776. The molecule has 1 aromatic rings. The normalized spacial score (nSPS) is 12.9. The Morgan fingerprint density at radius 3 is 2.79 bits per heavy atom. The zero-order valence-electron chi connectivity index (χ0n) is 8.59. The first kappa shape index (κ1) is 11.5. The standard InChI is InChI=1S/C11H16FNS/c1-3-7-14-10-6-4-5-9(12)11(10)8(2)13/h4-6,8H,3,7,13H2,1-2H3/t8-/m0/s1. The van der Waals surface area contributed by atoms with Gasteiger partial charge in [0.15, 0.2) is 0 Å². The Labute approximate surface area is 88.9 Å². The van der Waals surface area contributed by atoms with Crippen LogP contribution in [-0.2, 0) is 0 Å². The predicted molar refractivity (Wildman–Crippen MR) is 60.0 cm³/mol. The van der Waals surface area contributed by atoms with Crippen LogP contribution in [0.4, 0.5) is 4.39 Å². The van der Waals surface area contributed by atoms with Gasteiger partial charge in [-0.2, -0.15) is 0 Å². The number of nitrogens with two attached hydrogens (primary N) is 1. The molecule has 0 aliphatic carbocycles. The first-order valence-corrected chi connectivity index (χ1v) is 5.82. The van der Waals surface area contributed by atoms with Gasteiger partial charge in [-0.25, -0.2) is 4.39 Å². The molecular weight excluding hydrogens is 197 g/mol. The zero-order chi connectivity index (χ0) is 10.6. The largest absolute Gasteiger partial charge is 0.324 e. The first-order valence-electron chi connectivity index (χ1n) is 4.83. The van der Waals surface area contributed by atoms with Gasteiger partial charge in [0.25, 0.3) is 0 Å². The maximum atomic E-state index is 13.4. The van der Waals surface area contributed by atoms with E-state index in [2.05, 4.69) is 6.92 Å². The predicted octanol–water partition coefficient (Wildman–Crippen LogP) is 3.35. The second kappa shape index (κ2) is 5.37. The van der Waals surface area contributed by atoms with Crippen molar-refractivity contribution >= 4 is 11.8 Å². The second-order valence-corrected chi connectivity index (χ2v) is 4.43. The molecule has 1 atom stereocenters. The van der Waals surface area contributed by atoms with Crippen LogP contribution >= 0.6 is 11.8 Å². The van der Waals surface area contributed by atoms with Gasteiger partial charge in [-0.1, -0.05) is 13.0 Å². The van der Waals surface area contributed by atoms with Crippen LogP contribution < -0.4 is 5.73 Å². The molecule has 0 spiro atoms. The zero-order valence-corrected chi connectivity index (χ0v) is 9.40. The smallest absolute Gasteiger partial charge is 0.129 e. The highest BCUT2D eigenvalue weighted by atomic mass is 32.2. The van der Waals surface area contributed by atoms with Gasteiger partial charge in [-0.15, -0.1) is 11.8 Å². The summed E-state index contributed by atoms with van der Waals surface area (Å²) in [7, 11) is 0. The van der Waals surface area contributed by atoms with E-state index < -0.39 is 0 Å². The first-order chi connectivity index (χ1) is 6.66. The molecule has 0 saturated heterocycles. The van der Waals surface area contributed by atoms with Gasteiger partial charge >= 0.3 is 0 Å². The lowest BCUT2D eigenvalue weighted by molar-refractivity contribution is 0.585. The summed E-state index contributed by atoms with van der Waals surface area (Å²) in [5, 5.41) is 0. The van der Waals surface area contributed by atoms with Crippen LogP contribution in [0.15, 0.2) is 23.1 Å². The molecule has 2 N–H and O–H groups in total. The average Bonchev–Trinajstić information content (AvgIpc) is 2.14. The van der Waals surface area contributed by atoms with Crippen molar-refractivity contribution in [1.29, 1.82) is 0 Å². The van der Waals surface area contributed by atoms with Crippen molar-refractivity contribution in [1.82, 2.24) is 0 Å². The molecule has 3 heteroatoms. The molecule has 1 nitrogen and oxygen atoms in total. The summed E-state index contributed by atoms with van der Waals surface area (Å²) in [5.74, 6) is 0.810. The fraction of sp³-hybridized carbons (Fsp3) is 0.455. The Morgan fingerprint density at radius 1 is 1.50 bits per heavy atom. The van der Waals surface area contributed by atoms with Gasteiger partial charge in [0, 0.05) is 16.5 Å². The lowest BCUT2D eigenvalue weighted by Gasteiger charge is -2.12. The third kappa shape index (κ3) is 2.72. The Kier molecular flexibility index (Phi) is 4.42. The number of thioether (sulfide) groups is 1. The minimum Gasteiger partial charge on any atom is -0.324 e. The van der Waals surface area contributed by atoms with Crippen molar-refractivity contribution in [3.63, 3.8) is 0 Å². The van der Waals surface area contributed by atoms with Gasteiger partial charge in [0.05, 0.1) is 0 Å². The molecule has 0 bridgehead atoms. The maximum absolute atomic E-state index is 13.4. The summed E-state index contributed by atoms with van der Waals surface area (Å²) in [6.45, 7) is 3.92. The summed E-state index contributed by atoms with van der Waals surface area (Å²) >= 11 is 1.67. The van der Waals surface area contributed by atoms with Gasteiger partial charge in [-0.3, -0.25) is 0 Å². The van der Waals surface area contributed by atoms with Crippen LogP contribution in [0.5, 0.6) is 0 Å². The average molecular weight is 213 g/mol. The molecule has 0 aromatic heterocycles. The minimum absolute atomic E-state index is 0.193. The Bertz CT molecular complexity index is 299. The molecule has 78 valence electrons. The fourth-order valence-electron chi connectivity index (χ4n) is 1.30. The molecule has 0 saturated carbocycles. The molecule has 14 heavy (non-hydrogen) atoms. The SMILES string of the molecule is CCCSc1cccc(F)c1[C@H](C)N. The molecule has 0 aliphatic rings. The third-order valence-electron chi connectivity index (χ3n) is 1.93. The van der Waals surface area contributed by atoms with E-state index in [1.54, 1.807) is 17.8 Å². The summed E-state index contributed by atoms with van der Waals surface area (Å²) in [4.78, 5) is 0.974. The van der Waals surface area contributed by atoms with Gasteiger partial charge in [0.2, 0.25) is 0 Å². The van der Waals surface area contributed by atoms with Crippen molar-refractivity contribution in [3.8, 4) is 0 Å². The van der Waals surface area contributed by atoms with Crippen molar-refractivity contribution in [3.05, 3.63) is 29.6 Å². The van der Waals surface area contributed by atoms with E-state index in [-0.39, 0.29) is 11.9 Å². The number of rotatable bonds is 4. The fourth-order valence-corrected chi connectivity index (χ4v) is 2.33. The monoisotopic (exact) mass is 213 g/mol. The topological polar surface area (TPSA) is 26.0 Å². The van der Waals surface area contributed by atoms with Crippen LogP contribution in [0.2, 0.25) is 0 Å². The van der Waals surface area contributed by atoms with E-state index in [0.29, 0.717) is 5.56 Å². The molecule has 0 heterocycles. The highest BCUT2D eigenvalue weighted by Crippen LogP contribution is 2.28. The summed E-state index contributed by atoms with van der Waals surface area (Å²) in [6.07, 6.45) is 1.08. The van der Waals surface area contributed by atoms with E-state index in [9.17, 15) is 4.39 Å². The number of hydrogen-bond acceptors (Lipinski definition) is 2. The van der Waals surface area contributed by atoms with Crippen molar-refractivity contribution in [2.45, 2.75) is 31.2 Å². The minimum atomic E-state index is -0.240. The van der Waals surface area contributed by atoms with E-state index in [4.69, 9.17) is 5.73 Å². The van der Waals surface area contributed by atoms with E-state index >= 15 is 0 Å². The van der Waals surface area contributed by atoms with Crippen LogP contribution in [0, 0.1) is 5.82 Å². The highest BCUT2D eigenvalue weighted by Gasteiger charge is 2.11. The molecular formula is C11H16FNS. The van der Waals surface area contributed by atoms with E-state index in [1.165, 1.54) is 6.07 Å². The van der Waals surface area contributed by atoms with Gasteiger partial charge in [-0.05, 0) is 31.2 Å².